The number of methoxy groups -OCH3 is 2. The number of rotatable bonds is 7. The van der Waals surface area contributed by atoms with Gasteiger partial charge in [0.1, 0.15) is 23.2 Å². The fraction of sp³-hybridized carbons (Fsp3) is 0.222. The van der Waals surface area contributed by atoms with Gasteiger partial charge in [-0.05, 0) is 5.56 Å². The van der Waals surface area contributed by atoms with Crippen LogP contribution >= 0.6 is 12.4 Å². The molecule has 4 N–H and O–H groups in total. The third-order valence-corrected chi connectivity index (χ3v) is 3.76. The molecule has 2 rings (SSSR count). The summed E-state index contributed by atoms with van der Waals surface area (Å²) in [5.74, 6) is -2.62. The summed E-state index contributed by atoms with van der Waals surface area (Å²) in [5.41, 5.74) is 6.17. The predicted octanol–water partition coefficient (Wildman–Crippen LogP) is 2.68. The average molecular weight is 400 g/mol. The van der Waals surface area contributed by atoms with Crippen molar-refractivity contribution in [1.82, 2.24) is 5.32 Å². The molecule has 27 heavy (non-hydrogen) atoms. The minimum atomic E-state index is -1.45. The highest BCUT2D eigenvalue weighted by atomic mass is 35.5. The van der Waals surface area contributed by atoms with Gasteiger partial charge in [-0.3, -0.25) is 10.2 Å². The first-order valence-corrected chi connectivity index (χ1v) is 7.64. The number of ether oxygens (including phenoxy) is 2. The van der Waals surface area contributed by atoms with E-state index < -0.39 is 29.2 Å². The van der Waals surface area contributed by atoms with E-state index in [1.807, 2.05) is 0 Å². The van der Waals surface area contributed by atoms with Gasteiger partial charge in [0.05, 0.1) is 12.7 Å². The number of nitrogens with one attached hydrogen (secondary N) is 2. The zero-order chi connectivity index (χ0) is 19.3. The molecular formula is C18H20ClF2N3O3. The van der Waals surface area contributed by atoms with Gasteiger partial charge in [0, 0.05) is 31.4 Å². The maximum absolute atomic E-state index is 14.2. The molecule has 0 saturated heterocycles. The van der Waals surface area contributed by atoms with E-state index in [2.05, 4.69) is 5.32 Å². The van der Waals surface area contributed by atoms with Crippen LogP contribution in [0.5, 0.6) is 5.75 Å². The number of nitrogen functional groups attached to an aromatic ring is 1. The molecule has 0 aliphatic rings. The van der Waals surface area contributed by atoms with Crippen LogP contribution in [0.2, 0.25) is 0 Å². The van der Waals surface area contributed by atoms with Gasteiger partial charge in [0.25, 0.3) is 5.91 Å². The first-order chi connectivity index (χ1) is 12.4. The summed E-state index contributed by atoms with van der Waals surface area (Å²) in [6.45, 7) is 0.121. The zero-order valence-electron chi connectivity index (χ0n) is 14.7. The van der Waals surface area contributed by atoms with Crippen molar-refractivity contribution in [2.24, 2.45) is 5.73 Å². The second-order valence-electron chi connectivity index (χ2n) is 5.45. The van der Waals surface area contributed by atoms with Crippen molar-refractivity contribution in [3.05, 3.63) is 64.7 Å². The van der Waals surface area contributed by atoms with Gasteiger partial charge in [0.2, 0.25) is 0 Å². The van der Waals surface area contributed by atoms with Crippen molar-refractivity contribution in [2.75, 3.05) is 14.2 Å². The zero-order valence-corrected chi connectivity index (χ0v) is 15.5. The van der Waals surface area contributed by atoms with Gasteiger partial charge in [-0.2, -0.15) is 0 Å². The molecule has 1 unspecified atom stereocenters. The molecule has 0 aliphatic heterocycles. The maximum Gasteiger partial charge on any atom is 0.254 e. The summed E-state index contributed by atoms with van der Waals surface area (Å²) in [5, 5.41) is 9.90. The van der Waals surface area contributed by atoms with Crippen LogP contribution in [0.25, 0.3) is 0 Å². The largest absolute Gasteiger partial charge is 0.497 e. The normalized spacial score (nSPS) is 11.3. The molecule has 1 atom stereocenters. The second kappa shape index (κ2) is 9.84. The molecule has 0 fully saturated rings. The van der Waals surface area contributed by atoms with Crippen molar-refractivity contribution in [3.8, 4) is 5.75 Å². The Morgan fingerprint density at radius 2 is 1.74 bits per heavy atom. The minimum Gasteiger partial charge on any atom is -0.497 e. The van der Waals surface area contributed by atoms with Crippen LogP contribution in [0, 0.1) is 17.0 Å². The van der Waals surface area contributed by atoms with Crippen molar-refractivity contribution >= 4 is 24.1 Å². The SMILES string of the molecule is COc1cc(F)c(C(OC)C(=O)NCc2ccc(C(=N)N)cc2)c(F)c1.Cl. The van der Waals surface area contributed by atoms with Gasteiger partial charge < -0.3 is 20.5 Å². The summed E-state index contributed by atoms with van der Waals surface area (Å²) in [6, 6.07) is 8.62. The smallest absolute Gasteiger partial charge is 0.254 e. The number of carbonyl (C=O) groups excluding carboxylic acids is 1. The van der Waals surface area contributed by atoms with Crippen molar-refractivity contribution in [2.45, 2.75) is 12.6 Å². The van der Waals surface area contributed by atoms with E-state index in [9.17, 15) is 13.6 Å². The molecule has 146 valence electrons. The molecule has 0 spiro atoms. The number of nitrogens with two attached hydrogens (primary N) is 1. The Morgan fingerprint density at radius 3 is 2.19 bits per heavy atom. The van der Waals surface area contributed by atoms with Crippen LogP contribution in [0.4, 0.5) is 8.78 Å². The summed E-state index contributed by atoms with van der Waals surface area (Å²) in [7, 11) is 2.47. The minimum absolute atomic E-state index is 0. The Morgan fingerprint density at radius 1 is 1.19 bits per heavy atom. The Kier molecular flexibility index (Phi) is 8.14. The molecule has 2 aromatic rings. The van der Waals surface area contributed by atoms with Crippen LogP contribution < -0.4 is 15.8 Å². The molecular weight excluding hydrogens is 380 g/mol. The van der Waals surface area contributed by atoms with Crippen LogP contribution in [-0.4, -0.2) is 26.0 Å². The fourth-order valence-corrected chi connectivity index (χ4v) is 2.37. The number of hydrogen-bond donors (Lipinski definition) is 3. The number of halogens is 3. The number of amides is 1. The Labute approximate surface area is 161 Å². The topological polar surface area (TPSA) is 97.4 Å². The quantitative estimate of drug-likeness (QED) is 0.492. The van der Waals surface area contributed by atoms with E-state index in [0.29, 0.717) is 5.56 Å². The number of amidine groups is 1. The van der Waals surface area contributed by atoms with E-state index in [1.165, 1.54) is 14.2 Å². The van der Waals surface area contributed by atoms with Crippen LogP contribution in [0.1, 0.15) is 22.8 Å². The summed E-state index contributed by atoms with van der Waals surface area (Å²) < 4.78 is 38.1. The number of carbonyl (C=O) groups is 1. The lowest BCUT2D eigenvalue weighted by molar-refractivity contribution is -0.131. The Bertz CT molecular complexity index is 793. The van der Waals surface area contributed by atoms with E-state index in [1.54, 1.807) is 24.3 Å². The third-order valence-electron chi connectivity index (χ3n) is 3.76. The summed E-state index contributed by atoms with van der Waals surface area (Å²) in [6.07, 6.45) is -1.45. The lowest BCUT2D eigenvalue weighted by Gasteiger charge is -2.17. The second-order valence-corrected chi connectivity index (χ2v) is 5.45. The van der Waals surface area contributed by atoms with E-state index in [-0.39, 0.29) is 30.5 Å². The van der Waals surface area contributed by atoms with Crippen LogP contribution in [-0.2, 0) is 16.1 Å². The average Bonchev–Trinajstić information content (AvgIpc) is 2.62. The van der Waals surface area contributed by atoms with Crippen molar-refractivity contribution < 1.29 is 23.0 Å². The molecule has 9 heteroatoms. The van der Waals surface area contributed by atoms with Gasteiger partial charge >= 0.3 is 0 Å². The summed E-state index contributed by atoms with van der Waals surface area (Å²) >= 11 is 0. The molecule has 0 saturated carbocycles. The molecule has 0 heterocycles. The number of benzene rings is 2. The standard InChI is InChI=1S/C18H19F2N3O3.ClH/c1-25-12-7-13(19)15(14(20)8-12)16(26-2)18(24)23-9-10-3-5-11(6-4-10)17(21)22;/h3-8,16H,9H2,1-2H3,(H3,21,22)(H,23,24);1H. The molecule has 2 aromatic carbocycles. The van der Waals surface area contributed by atoms with Crippen molar-refractivity contribution in [3.63, 3.8) is 0 Å². The van der Waals surface area contributed by atoms with Crippen LogP contribution in [0.15, 0.2) is 36.4 Å². The highest BCUT2D eigenvalue weighted by Crippen LogP contribution is 2.27. The van der Waals surface area contributed by atoms with Gasteiger partial charge in [0.15, 0.2) is 6.10 Å². The molecule has 0 bridgehead atoms. The van der Waals surface area contributed by atoms with Crippen LogP contribution in [0.3, 0.4) is 0 Å². The molecule has 0 aliphatic carbocycles. The maximum atomic E-state index is 14.2. The lowest BCUT2D eigenvalue weighted by atomic mass is 10.1. The van der Waals surface area contributed by atoms with E-state index in [0.717, 1.165) is 17.7 Å². The molecule has 1 amide bonds. The highest BCUT2D eigenvalue weighted by molar-refractivity contribution is 5.94. The molecule has 6 nitrogen and oxygen atoms in total. The Hall–Kier alpha value is -2.71. The third kappa shape index (κ3) is 5.38. The Balaban J connectivity index is 0.00000364. The van der Waals surface area contributed by atoms with Crippen molar-refractivity contribution in [1.29, 1.82) is 5.41 Å². The first-order valence-electron chi connectivity index (χ1n) is 7.64. The van der Waals surface area contributed by atoms with Gasteiger partial charge in [-0.15, -0.1) is 12.4 Å². The molecule has 0 radical (unpaired) electrons. The van der Waals surface area contributed by atoms with Gasteiger partial charge in [-0.25, -0.2) is 8.78 Å². The summed E-state index contributed by atoms with van der Waals surface area (Å²) in [4.78, 5) is 12.3. The highest BCUT2D eigenvalue weighted by Gasteiger charge is 2.27. The number of hydrogen-bond acceptors (Lipinski definition) is 4. The lowest BCUT2D eigenvalue weighted by Crippen LogP contribution is -2.31. The monoisotopic (exact) mass is 399 g/mol. The van der Waals surface area contributed by atoms with E-state index >= 15 is 0 Å². The predicted molar refractivity (Wildman–Crippen MR) is 99.2 cm³/mol. The van der Waals surface area contributed by atoms with E-state index in [4.69, 9.17) is 20.6 Å². The first kappa shape index (κ1) is 22.3. The fourth-order valence-electron chi connectivity index (χ4n) is 2.37. The molecule has 0 aromatic heterocycles. The van der Waals surface area contributed by atoms with Gasteiger partial charge in [-0.1, -0.05) is 24.3 Å².